The molecule has 0 aromatic carbocycles. The molecule has 1 aliphatic heterocycles. The first-order valence-electron chi connectivity index (χ1n) is 10.1. The van der Waals surface area contributed by atoms with Crippen LogP contribution in [0.4, 0.5) is 16.2 Å². The molecule has 164 valence electrons. The summed E-state index contributed by atoms with van der Waals surface area (Å²) in [4.78, 5) is 41.0. The van der Waals surface area contributed by atoms with Crippen LogP contribution in [0.25, 0.3) is 0 Å². The Labute approximate surface area is 175 Å². The molecule has 2 aliphatic rings. The average molecular weight is 420 g/mol. The van der Waals surface area contributed by atoms with E-state index in [0.29, 0.717) is 37.3 Å². The van der Waals surface area contributed by atoms with E-state index in [1.54, 1.807) is 20.8 Å². The highest BCUT2D eigenvalue weighted by molar-refractivity contribution is 5.72. The minimum atomic E-state index is -0.602. The van der Waals surface area contributed by atoms with Gasteiger partial charge in [-0.05, 0) is 46.5 Å². The summed E-state index contributed by atoms with van der Waals surface area (Å²) in [5.74, 6) is -0.408. The van der Waals surface area contributed by atoms with E-state index in [1.165, 1.54) is 13.1 Å². The summed E-state index contributed by atoms with van der Waals surface area (Å²) in [5.41, 5.74) is 1.15. The number of fused-ring (bicyclic) bond motifs is 1. The molecule has 1 amide bonds. The number of esters is 1. The lowest BCUT2D eigenvalue weighted by molar-refractivity contribution is -0.384. The van der Waals surface area contributed by atoms with Crippen LogP contribution in [0.3, 0.4) is 0 Å². The third-order valence-corrected chi connectivity index (χ3v) is 5.09. The van der Waals surface area contributed by atoms with Gasteiger partial charge in [-0.1, -0.05) is 0 Å². The first kappa shape index (κ1) is 21.8. The number of nitrogens with zero attached hydrogens (tertiary/aromatic N) is 3. The standard InChI is InChI=1S/C20H28N4O6/c1-12(25)29-16-8-7-14-17(16)21-10-15(24(27)28)18(14)23-9-5-6-13(11-23)22-19(26)30-20(2,3)4/h10,13,16H,5-9,11H2,1-4H3,(H,22,26). The third-order valence-electron chi connectivity index (χ3n) is 5.09. The number of hydrogen-bond acceptors (Lipinski definition) is 8. The number of ether oxygens (including phenoxy) is 2. The van der Waals surface area contributed by atoms with E-state index >= 15 is 0 Å². The lowest BCUT2D eigenvalue weighted by atomic mass is 10.0. The predicted octanol–water partition coefficient (Wildman–Crippen LogP) is 3.03. The molecule has 0 spiro atoms. The van der Waals surface area contributed by atoms with Gasteiger partial charge in [0.1, 0.15) is 23.6 Å². The predicted molar refractivity (Wildman–Crippen MR) is 108 cm³/mol. The van der Waals surface area contributed by atoms with Crippen LogP contribution in [0.5, 0.6) is 0 Å². The Bertz CT molecular complexity index is 850. The van der Waals surface area contributed by atoms with Crippen LogP contribution in [0.15, 0.2) is 6.20 Å². The SMILES string of the molecule is CC(=O)OC1CCc2c1ncc([N+](=O)[O-])c2N1CCCC(NC(=O)OC(C)(C)C)C1. The van der Waals surface area contributed by atoms with Crippen molar-refractivity contribution in [2.45, 2.75) is 71.1 Å². The summed E-state index contributed by atoms with van der Waals surface area (Å²) >= 11 is 0. The van der Waals surface area contributed by atoms with E-state index < -0.39 is 28.7 Å². The largest absolute Gasteiger partial charge is 0.456 e. The minimum absolute atomic E-state index is 0.0739. The van der Waals surface area contributed by atoms with Crippen LogP contribution in [0.1, 0.15) is 64.3 Å². The lowest BCUT2D eigenvalue weighted by Crippen LogP contribution is -2.49. The van der Waals surface area contributed by atoms with Crippen LogP contribution in [0.2, 0.25) is 0 Å². The van der Waals surface area contributed by atoms with Crippen LogP contribution in [-0.4, -0.2) is 46.7 Å². The number of rotatable bonds is 4. The highest BCUT2D eigenvalue weighted by Gasteiger charge is 2.36. The fourth-order valence-electron chi connectivity index (χ4n) is 4.06. The van der Waals surface area contributed by atoms with Crippen molar-refractivity contribution < 1.29 is 24.0 Å². The molecule has 3 rings (SSSR count). The third kappa shape index (κ3) is 4.98. The zero-order valence-electron chi connectivity index (χ0n) is 17.8. The molecule has 0 radical (unpaired) electrons. The number of carbonyl (C=O) groups excluding carboxylic acids is 2. The van der Waals surface area contributed by atoms with Crippen LogP contribution < -0.4 is 10.2 Å². The molecule has 10 nitrogen and oxygen atoms in total. The second-order valence-corrected chi connectivity index (χ2v) is 8.68. The summed E-state index contributed by atoms with van der Waals surface area (Å²) in [6, 6.07) is -0.192. The van der Waals surface area contributed by atoms with Gasteiger partial charge in [0, 0.05) is 31.6 Å². The lowest BCUT2D eigenvalue weighted by Gasteiger charge is -2.35. The number of aromatic nitrogens is 1. The summed E-state index contributed by atoms with van der Waals surface area (Å²) in [7, 11) is 0. The molecular formula is C20H28N4O6. The maximum absolute atomic E-state index is 12.2. The van der Waals surface area contributed by atoms with Crippen LogP contribution in [0, 0.1) is 10.1 Å². The van der Waals surface area contributed by atoms with E-state index in [2.05, 4.69) is 10.3 Å². The van der Waals surface area contributed by atoms with E-state index in [9.17, 15) is 19.7 Å². The number of nitrogens with one attached hydrogen (secondary N) is 1. The van der Waals surface area contributed by atoms with E-state index in [1.807, 2.05) is 4.90 Å². The second-order valence-electron chi connectivity index (χ2n) is 8.68. The number of amides is 1. The van der Waals surface area contributed by atoms with Crippen molar-refractivity contribution in [3.63, 3.8) is 0 Å². The second kappa shape index (κ2) is 8.45. The molecule has 2 unspecified atom stereocenters. The molecule has 1 fully saturated rings. The Morgan fingerprint density at radius 2 is 2.07 bits per heavy atom. The van der Waals surface area contributed by atoms with Gasteiger partial charge in [0.15, 0.2) is 0 Å². The smallest absolute Gasteiger partial charge is 0.407 e. The monoisotopic (exact) mass is 420 g/mol. The molecule has 1 saturated heterocycles. The fraction of sp³-hybridized carbons (Fsp3) is 0.650. The molecule has 10 heteroatoms. The van der Waals surface area contributed by atoms with Crippen molar-refractivity contribution in [3.05, 3.63) is 27.6 Å². The first-order chi connectivity index (χ1) is 14.0. The van der Waals surface area contributed by atoms with Gasteiger partial charge in [-0.2, -0.15) is 0 Å². The minimum Gasteiger partial charge on any atom is -0.456 e. The van der Waals surface area contributed by atoms with Gasteiger partial charge in [0.25, 0.3) is 0 Å². The van der Waals surface area contributed by atoms with Crippen molar-refractivity contribution in [2.24, 2.45) is 0 Å². The Hall–Kier alpha value is -2.91. The Morgan fingerprint density at radius 1 is 1.33 bits per heavy atom. The topological polar surface area (TPSA) is 124 Å². The molecule has 30 heavy (non-hydrogen) atoms. The molecule has 2 heterocycles. The van der Waals surface area contributed by atoms with E-state index in [4.69, 9.17) is 9.47 Å². The van der Waals surface area contributed by atoms with Crippen molar-refractivity contribution in [1.82, 2.24) is 10.3 Å². The number of piperidine rings is 1. The zero-order chi connectivity index (χ0) is 22.1. The number of carbonyl (C=O) groups is 2. The quantitative estimate of drug-likeness (QED) is 0.448. The molecule has 1 aromatic heterocycles. The molecule has 2 atom stereocenters. The molecule has 0 bridgehead atoms. The number of hydrogen-bond donors (Lipinski definition) is 1. The Morgan fingerprint density at radius 3 is 2.70 bits per heavy atom. The van der Waals surface area contributed by atoms with Crippen LogP contribution in [-0.2, 0) is 20.7 Å². The van der Waals surface area contributed by atoms with Gasteiger partial charge in [-0.25, -0.2) is 9.78 Å². The Balaban J connectivity index is 1.85. The summed E-state index contributed by atoms with van der Waals surface area (Å²) in [5, 5.41) is 14.6. The molecule has 1 N–H and O–H groups in total. The number of pyridine rings is 1. The van der Waals surface area contributed by atoms with Gasteiger partial charge in [0.05, 0.1) is 10.6 Å². The number of nitro groups is 1. The molecule has 1 aliphatic carbocycles. The molecular weight excluding hydrogens is 392 g/mol. The summed E-state index contributed by atoms with van der Waals surface area (Å²) < 4.78 is 10.7. The van der Waals surface area contributed by atoms with Gasteiger partial charge in [-0.15, -0.1) is 0 Å². The number of alkyl carbamates (subject to hydrolysis) is 1. The Kier molecular flexibility index (Phi) is 6.14. The summed E-state index contributed by atoms with van der Waals surface area (Å²) in [6.07, 6.45) is 2.85. The number of anilines is 1. The maximum Gasteiger partial charge on any atom is 0.407 e. The average Bonchev–Trinajstić information content (AvgIpc) is 3.01. The van der Waals surface area contributed by atoms with Gasteiger partial charge in [-0.3, -0.25) is 14.9 Å². The zero-order valence-corrected chi connectivity index (χ0v) is 17.8. The van der Waals surface area contributed by atoms with Gasteiger partial charge < -0.3 is 19.7 Å². The summed E-state index contributed by atoms with van der Waals surface area (Å²) in [6.45, 7) is 7.77. The van der Waals surface area contributed by atoms with Gasteiger partial charge in [0.2, 0.25) is 0 Å². The fourth-order valence-corrected chi connectivity index (χ4v) is 4.06. The highest BCUT2D eigenvalue weighted by atomic mass is 16.6. The molecule has 0 saturated carbocycles. The van der Waals surface area contributed by atoms with Crippen molar-refractivity contribution in [3.8, 4) is 0 Å². The van der Waals surface area contributed by atoms with E-state index in [0.717, 1.165) is 18.4 Å². The van der Waals surface area contributed by atoms with E-state index in [-0.39, 0.29) is 11.7 Å². The highest BCUT2D eigenvalue weighted by Crippen LogP contribution is 2.43. The van der Waals surface area contributed by atoms with Crippen molar-refractivity contribution >= 4 is 23.4 Å². The normalized spacial score (nSPS) is 21.0. The van der Waals surface area contributed by atoms with Crippen LogP contribution >= 0.6 is 0 Å². The first-order valence-corrected chi connectivity index (χ1v) is 10.1. The van der Waals surface area contributed by atoms with Gasteiger partial charge >= 0.3 is 17.7 Å². The molecule has 1 aromatic rings. The maximum atomic E-state index is 12.2. The van der Waals surface area contributed by atoms with Crippen molar-refractivity contribution in [2.75, 3.05) is 18.0 Å². The van der Waals surface area contributed by atoms with Crippen molar-refractivity contribution in [1.29, 1.82) is 0 Å².